The number of nitrogens with one attached hydrogen (secondary N) is 1. The lowest BCUT2D eigenvalue weighted by molar-refractivity contribution is -0.0397. The summed E-state index contributed by atoms with van der Waals surface area (Å²) in [5.74, 6) is 0. The molecule has 0 saturated carbocycles. The Hall–Kier alpha value is -0.120. The minimum atomic E-state index is -0.0675. The van der Waals surface area contributed by atoms with E-state index >= 15 is 0 Å². The summed E-state index contributed by atoms with van der Waals surface area (Å²) in [7, 11) is 0. The van der Waals surface area contributed by atoms with Crippen molar-refractivity contribution in [3.05, 3.63) is 0 Å². The van der Waals surface area contributed by atoms with Gasteiger partial charge in [0.25, 0.3) is 0 Å². The molecule has 0 aromatic carbocycles. The van der Waals surface area contributed by atoms with Crippen molar-refractivity contribution < 1.29 is 4.74 Å². The topological polar surface area (TPSA) is 24.5 Å². The summed E-state index contributed by atoms with van der Waals surface area (Å²) >= 11 is 0. The fraction of sp³-hybridized carbons (Fsp3) is 1.00. The van der Waals surface area contributed by atoms with Gasteiger partial charge in [-0.05, 0) is 39.8 Å². The minimum Gasteiger partial charge on any atom is -0.357 e. The average molecular weight is 198 g/mol. The number of rotatable bonds is 3. The van der Waals surface area contributed by atoms with Crippen LogP contribution >= 0.6 is 0 Å². The van der Waals surface area contributed by atoms with Crippen LogP contribution < -0.4 is 5.32 Å². The molecule has 2 atom stereocenters. The van der Waals surface area contributed by atoms with Crippen LogP contribution in [0.3, 0.4) is 0 Å². The van der Waals surface area contributed by atoms with Gasteiger partial charge < -0.3 is 9.64 Å². The lowest BCUT2D eigenvalue weighted by Crippen LogP contribution is -2.41. The van der Waals surface area contributed by atoms with E-state index in [1.807, 2.05) is 0 Å². The highest BCUT2D eigenvalue weighted by molar-refractivity contribution is 4.83. The highest BCUT2D eigenvalue weighted by Gasteiger charge is 2.33. The molecule has 2 aliphatic heterocycles. The molecule has 3 heteroatoms. The summed E-state index contributed by atoms with van der Waals surface area (Å²) in [5, 5.41) is 3.46. The second-order valence-corrected chi connectivity index (χ2v) is 4.84. The van der Waals surface area contributed by atoms with Gasteiger partial charge in [-0.1, -0.05) is 0 Å². The van der Waals surface area contributed by atoms with Gasteiger partial charge in [-0.15, -0.1) is 0 Å². The third kappa shape index (κ3) is 2.47. The van der Waals surface area contributed by atoms with Crippen LogP contribution in [0.1, 0.15) is 33.1 Å². The van der Waals surface area contributed by atoms with Crippen molar-refractivity contribution in [2.24, 2.45) is 0 Å². The lowest BCUT2D eigenvalue weighted by Gasteiger charge is -2.27. The normalized spacial score (nSPS) is 39.4. The molecular formula is C11H22N2O. The summed E-state index contributed by atoms with van der Waals surface area (Å²) in [5.41, 5.74) is -0.0675. The highest BCUT2D eigenvalue weighted by Crippen LogP contribution is 2.21. The molecule has 0 amide bonds. The van der Waals surface area contributed by atoms with Crippen LogP contribution in [0.4, 0.5) is 0 Å². The van der Waals surface area contributed by atoms with E-state index < -0.39 is 0 Å². The summed E-state index contributed by atoms with van der Waals surface area (Å²) < 4.78 is 5.87. The molecule has 82 valence electrons. The molecule has 0 aliphatic carbocycles. The molecule has 2 heterocycles. The molecule has 0 aromatic heterocycles. The van der Waals surface area contributed by atoms with E-state index in [1.165, 1.54) is 32.5 Å². The molecule has 2 saturated heterocycles. The summed E-state index contributed by atoms with van der Waals surface area (Å²) in [4.78, 5) is 2.54. The van der Waals surface area contributed by atoms with E-state index in [2.05, 4.69) is 24.1 Å². The van der Waals surface area contributed by atoms with Crippen molar-refractivity contribution in [3.63, 3.8) is 0 Å². The van der Waals surface area contributed by atoms with Gasteiger partial charge in [0.15, 0.2) is 0 Å². The Morgan fingerprint density at radius 1 is 1.43 bits per heavy atom. The SMILES string of the molecule is CC1CNC(C)(CCN2CCCC2)O1. The highest BCUT2D eigenvalue weighted by atomic mass is 16.5. The fourth-order valence-corrected chi connectivity index (χ4v) is 2.41. The van der Waals surface area contributed by atoms with Crippen molar-refractivity contribution in [2.75, 3.05) is 26.2 Å². The Labute approximate surface area is 86.8 Å². The first kappa shape index (κ1) is 10.4. The molecule has 3 nitrogen and oxygen atoms in total. The van der Waals surface area contributed by atoms with E-state index in [9.17, 15) is 0 Å². The Balaban J connectivity index is 1.73. The second kappa shape index (κ2) is 4.17. The van der Waals surface area contributed by atoms with Gasteiger partial charge in [0.2, 0.25) is 0 Å². The largest absolute Gasteiger partial charge is 0.357 e. The predicted octanol–water partition coefficient (Wildman–Crippen LogP) is 1.20. The Morgan fingerprint density at radius 3 is 2.71 bits per heavy atom. The zero-order valence-electron chi connectivity index (χ0n) is 9.38. The van der Waals surface area contributed by atoms with Crippen molar-refractivity contribution in [1.82, 2.24) is 10.2 Å². The third-order valence-electron chi connectivity index (χ3n) is 3.33. The van der Waals surface area contributed by atoms with Gasteiger partial charge in [-0.25, -0.2) is 0 Å². The van der Waals surface area contributed by atoms with Crippen LogP contribution in [-0.4, -0.2) is 42.9 Å². The molecular weight excluding hydrogens is 176 g/mol. The van der Waals surface area contributed by atoms with Gasteiger partial charge in [-0.2, -0.15) is 0 Å². The van der Waals surface area contributed by atoms with Gasteiger partial charge in [-0.3, -0.25) is 5.32 Å². The van der Waals surface area contributed by atoms with Crippen LogP contribution in [0.15, 0.2) is 0 Å². The number of hydrogen-bond acceptors (Lipinski definition) is 3. The van der Waals surface area contributed by atoms with E-state index in [1.54, 1.807) is 0 Å². The van der Waals surface area contributed by atoms with E-state index in [4.69, 9.17) is 4.74 Å². The molecule has 2 unspecified atom stereocenters. The molecule has 0 bridgehead atoms. The van der Waals surface area contributed by atoms with Gasteiger partial charge in [0.05, 0.1) is 6.10 Å². The van der Waals surface area contributed by atoms with Crippen molar-refractivity contribution in [3.8, 4) is 0 Å². The fourth-order valence-electron chi connectivity index (χ4n) is 2.41. The second-order valence-electron chi connectivity index (χ2n) is 4.84. The molecule has 0 radical (unpaired) electrons. The monoisotopic (exact) mass is 198 g/mol. The molecule has 0 aromatic rings. The molecule has 2 fully saturated rings. The Kier molecular flexibility index (Phi) is 3.10. The van der Waals surface area contributed by atoms with E-state index in [-0.39, 0.29) is 5.72 Å². The third-order valence-corrected chi connectivity index (χ3v) is 3.33. The average Bonchev–Trinajstić information content (AvgIpc) is 2.73. The maximum atomic E-state index is 5.87. The first-order valence-corrected chi connectivity index (χ1v) is 5.83. The zero-order valence-corrected chi connectivity index (χ0v) is 9.38. The van der Waals surface area contributed by atoms with Gasteiger partial charge >= 0.3 is 0 Å². The number of likely N-dealkylation sites (tertiary alicyclic amines) is 1. The van der Waals surface area contributed by atoms with Crippen molar-refractivity contribution >= 4 is 0 Å². The Bertz CT molecular complexity index is 192. The smallest absolute Gasteiger partial charge is 0.118 e. The Morgan fingerprint density at radius 2 is 2.14 bits per heavy atom. The zero-order chi connectivity index (χ0) is 10.0. The van der Waals surface area contributed by atoms with Gasteiger partial charge in [0.1, 0.15) is 5.72 Å². The first-order chi connectivity index (χ1) is 6.68. The quantitative estimate of drug-likeness (QED) is 0.737. The van der Waals surface area contributed by atoms with Gasteiger partial charge in [0, 0.05) is 19.5 Å². The first-order valence-electron chi connectivity index (χ1n) is 5.83. The van der Waals surface area contributed by atoms with Crippen LogP contribution in [0, 0.1) is 0 Å². The van der Waals surface area contributed by atoms with E-state index in [0.717, 1.165) is 13.0 Å². The van der Waals surface area contributed by atoms with Crippen LogP contribution in [-0.2, 0) is 4.74 Å². The van der Waals surface area contributed by atoms with Crippen LogP contribution in [0.5, 0.6) is 0 Å². The van der Waals surface area contributed by atoms with Crippen molar-refractivity contribution in [2.45, 2.75) is 44.9 Å². The maximum Gasteiger partial charge on any atom is 0.118 e. The van der Waals surface area contributed by atoms with E-state index in [0.29, 0.717) is 6.10 Å². The summed E-state index contributed by atoms with van der Waals surface area (Å²) in [6, 6.07) is 0. The standard InChI is InChI=1S/C11H22N2O/c1-10-9-12-11(2,14-10)5-8-13-6-3-4-7-13/h10,12H,3-9H2,1-2H3. The number of hydrogen-bond donors (Lipinski definition) is 1. The van der Waals surface area contributed by atoms with Crippen LogP contribution in [0.2, 0.25) is 0 Å². The van der Waals surface area contributed by atoms with Crippen molar-refractivity contribution in [1.29, 1.82) is 0 Å². The summed E-state index contributed by atoms with van der Waals surface area (Å²) in [6.45, 7) is 9.05. The maximum absolute atomic E-state index is 5.87. The number of nitrogens with zero attached hydrogens (tertiary/aromatic N) is 1. The molecule has 2 aliphatic rings. The predicted molar refractivity (Wildman–Crippen MR) is 57.2 cm³/mol. The molecule has 2 rings (SSSR count). The number of ether oxygens (including phenoxy) is 1. The minimum absolute atomic E-state index is 0.0675. The molecule has 1 N–H and O–H groups in total. The molecule has 0 spiro atoms. The van der Waals surface area contributed by atoms with Crippen LogP contribution in [0.25, 0.3) is 0 Å². The summed E-state index contributed by atoms with van der Waals surface area (Å²) in [6.07, 6.45) is 4.23. The molecule has 14 heavy (non-hydrogen) atoms. The lowest BCUT2D eigenvalue weighted by atomic mass is 10.2.